The summed E-state index contributed by atoms with van der Waals surface area (Å²) >= 11 is 0. The van der Waals surface area contributed by atoms with Crippen LogP contribution in [0.1, 0.15) is 11.1 Å². The lowest BCUT2D eigenvalue weighted by Crippen LogP contribution is -2.32. The Morgan fingerprint density at radius 1 is 1.44 bits per heavy atom. The van der Waals surface area contributed by atoms with Crippen molar-refractivity contribution in [3.8, 4) is 5.75 Å². The van der Waals surface area contributed by atoms with Gasteiger partial charge in [-0.3, -0.25) is 9.69 Å². The average molecular weight is 253 g/mol. The van der Waals surface area contributed by atoms with Gasteiger partial charge in [0, 0.05) is 25.8 Å². The molecule has 5 nitrogen and oxygen atoms in total. The van der Waals surface area contributed by atoms with E-state index < -0.39 is 5.97 Å². The van der Waals surface area contributed by atoms with Gasteiger partial charge >= 0.3 is 5.97 Å². The molecular formula is C13H19NO4. The third-order valence-electron chi connectivity index (χ3n) is 2.60. The number of hydrogen-bond acceptors (Lipinski definition) is 4. The molecule has 0 spiro atoms. The normalized spacial score (nSPS) is 10.8. The molecule has 100 valence electrons. The smallest absolute Gasteiger partial charge is 0.317 e. The minimum Gasteiger partial charge on any atom is -0.508 e. The fourth-order valence-electron chi connectivity index (χ4n) is 1.71. The molecule has 0 radical (unpaired) electrons. The first kappa shape index (κ1) is 14.5. The molecule has 1 aromatic rings. The van der Waals surface area contributed by atoms with Gasteiger partial charge in [-0.25, -0.2) is 0 Å². The van der Waals surface area contributed by atoms with E-state index >= 15 is 0 Å². The minimum absolute atomic E-state index is 0.0727. The van der Waals surface area contributed by atoms with Crippen molar-refractivity contribution < 1.29 is 19.7 Å². The summed E-state index contributed by atoms with van der Waals surface area (Å²) in [7, 11) is 1.57. The molecule has 2 N–H and O–H groups in total. The van der Waals surface area contributed by atoms with E-state index in [0.29, 0.717) is 19.7 Å². The third-order valence-corrected chi connectivity index (χ3v) is 2.60. The number of nitrogens with zero attached hydrogens (tertiary/aromatic N) is 1. The van der Waals surface area contributed by atoms with Crippen LogP contribution in [0.5, 0.6) is 5.75 Å². The van der Waals surface area contributed by atoms with E-state index in [4.69, 9.17) is 9.84 Å². The highest BCUT2D eigenvalue weighted by Gasteiger charge is 2.12. The number of methoxy groups -OCH3 is 1. The Morgan fingerprint density at radius 2 is 2.17 bits per heavy atom. The SMILES string of the molecule is COCCN(CC(=O)O)Cc1cc(C)ccc1O. The maximum Gasteiger partial charge on any atom is 0.317 e. The van der Waals surface area contributed by atoms with Gasteiger partial charge in [-0.1, -0.05) is 17.7 Å². The number of rotatable bonds is 7. The van der Waals surface area contributed by atoms with Crippen LogP contribution in [0.3, 0.4) is 0 Å². The van der Waals surface area contributed by atoms with Crippen molar-refractivity contribution in [2.24, 2.45) is 0 Å². The van der Waals surface area contributed by atoms with Crippen LogP contribution in [-0.2, 0) is 16.1 Å². The van der Waals surface area contributed by atoms with Crippen molar-refractivity contribution in [3.05, 3.63) is 29.3 Å². The van der Waals surface area contributed by atoms with Crippen molar-refractivity contribution in [2.75, 3.05) is 26.8 Å². The molecule has 0 atom stereocenters. The van der Waals surface area contributed by atoms with Gasteiger partial charge in [0.15, 0.2) is 0 Å². The number of hydrogen-bond donors (Lipinski definition) is 2. The molecule has 0 amide bonds. The molecule has 0 aliphatic heterocycles. The summed E-state index contributed by atoms with van der Waals surface area (Å²) in [5, 5.41) is 18.6. The van der Waals surface area contributed by atoms with E-state index in [9.17, 15) is 9.90 Å². The van der Waals surface area contributed by atoms with Crippen molar-refractivity contribution in [1.82, 2.24) is 4.90 Å². The molecule has 1 rings (SSSR count). The highest BCUT2D eigenvalue weighted by Crippen LogP contribution is 2.19. The van der Waals surface area contributed by atoms with Crippen LogP contribution < -0.4 is 0 Å². The zero-order valence-electron chi connectivity index (χ0n) is 10.7. The predicted molar refractivity (Wildman–Crippen MR) is 67.6 cm³/mol. The van der Waals surface area contributed by atoms with Gasteiger partial charge in [-0.15, -0.1) is 0 Å². The molecule has 0 fully saturated rings. The van der Waals surface area contributed by atoms with E-state index in [-0.39, 0.29) is 12.3 Å². The van der Waals surface area contributed by atoms with Crippen molar-refractivity contribution in [1.29, 1.82) is 0 Å². The number of phenols is 1. The first-order chi connectivity index (χ1) is 8.52. The summed E-state index contributed by atoms with van der Waals surface area (Å²) < 4.78 is 4.95. The molecule has 0 heterocycles. The Hall–Kier alpha value is -1.59. The molecule has 0 unspecified atom stereocenters. The van der Waals surface area contributed by atoms with Gasteiger partial charge in [0.05, 0.1) is 13.2 Å². The second-order valence-electron chi connectivity index (χ2n) is 4.23. The second-order valence-corrected chi connectivity index (χ2v) is 4.23. The second kappa shape index (κ2) is 6.98. The Kier molecular flexibility index (Phi) is 5.61. The standard InChI is InChI=1S/C13H19NO4/c1-10-3-4-12(15)11(7-10)8-14(5-6-18-2)9-13(16)17/h3-4,7,15H,5-6,8-9H2,1-2H3,(H,16,17). The number of aliphatic carboxylic acids is 1. The molecule has 18 heavy (non-hydrogen) atoms. The summed E-state index contributed by atoms with van der Waals surface area (Å²) in [5.74, 6) is -0.702. The van der Waals surface area contributed by atoms with Gasteiger partial charge < -0.3 is 14.9 Å². The van der Waals surface area contributed by atoms with E-state index in [1.165, 1.54) is 0 Å². The summed E-state index contributed by atoms with van der Waals surface area (Å²) in [6.07, 6.45) is 0. The molecule has 5 heteroatoms. The number of aryl methyl sites for hydroxylation is 1. The van der Waals surface area contributed by atoms with Crippen molar-refractivity contribution in [2.45, 2.75) is 13.5 Å². The van der Waals surface area contributed by atoms with Gasteiger partial charge in [0.25, 0.3) is 0 Å². The lowest BCUT2D eigenvalue weighted by atomic mass is 10.1. The van der Waals surface area contributed by atoms with Gasteiger partial charge in [0.2, 0.25) is 0 Å². The summed E-state index contributed by atoms with van der Waals surface area (Å²) in [6, 6.07) is 5.30. The Morgan fingerprint density at radius 3 is 2.78 bits per heavy atom. The van der Waals surface area contributed by atoms with Crippen molar-refractivity contribution in [3.63, 3.8) is 0 Å². The number of carboxylic acid groups (broad SMARTS) is 1. The molecule has 0 bridgehead atoms. The zero-order chi connectivity index (χ0) is 13.5. The molecular weight excluding hydrogens is 234 g/mol. The van der Waals surface area contributed by atoms with Gasteiger partial charge in [-0.05, 0) is 13.0 Å². The third kappa shape index (κ3) is 4.73. The molecule has 0 aromatic heterocycles. The summed E-state index contributed by atoms with van der Waals surface area (Å²) in [6.45, 7) is 3.22. The fourth-order valence-corrected chi connectivity index (χ4v) is 1.71. The quantitative estimate of drug-likeness (QED) is 0.765. The summed E-state index contributed by atoms with van der Waals surface area (Å²) in [5.41, 5.74) is 1.76. The molecule has 0 aliphatic carbocycles. The number of carboxylic acids is 1. The lowest BCUT2D eigenvalue weighted by molar-refractivity contribution is -0.138. The number of carbonyl (C=O) groups is 1. The van der Waals surface area contributed by atoms with Gasteiger partial charge in [0.1, 0.15) is 5.75 Å². The lowest BCUT2D eigenvalue weighted by Gasteiger charge is -2.20. The van der Waals surface area contributed by atoms with Crippen LogP contribution in [0.2, 0.25) is 0 Å². The predicted octanol–water partition coefficient (Wildman–Crippen LogP) is 1.23. The monoisotopic (exact) mass is 253 g/mol. The zero-order valence-corrected chi connectivity index (χ0v) is 10.7. The van der Waals surface area contributed by atoms with E-state index in [1.807, 2.05) is 19.1 Å². The van der Waals surface area contributed by atoms with Crippen molar-refractivity contribution >= 4 is 5.97 Å². The fraction of sp³-hybridized carbons (Fsp3) is 0.462. The number of benzene rings is 1. The number of phenolic OH excluding ortho intramolecular Hbond substituents is 1. The Labute approximate surface area is 107 Å². The van der Waals surface area contributed by atoms with Crippen LogP contribution in [0, 0.1) is 6.92 Å². The average Bonchev–Trinajstić information content (AvgIpc) is 2.30. The largest absolute Gasteiger partial charge is 0.508 e. The maximum absolute atomic E-state index is 10.8. The van der Waals surface area contributed by atoms with Crippen LogP contribution >= 0.6 is 0 Å². The summed E-state index contributed by atoms with van der Waals surface area (Å²) in [4.78, 5) is 12.5. The van der Waals surface area contributed by atoms with Crippen LogP contribution in [0.25, 0.3) is 0 Å². The van der Waals surface area contributed by atoms with E-state index in [2.05, 4.69) is 0 Å². The molecule has 0 saturated heterocycles. The Bertz CT molecular complexity index is 406. The molecule has 0 saturated carbocycles. The first-order valence-corrected chi connectivity index (χ1v) is 5.74. The number of aromatic hydroxyl groups is 1. The molecule has 1 aromatic carbocycles. The van der Waals surface area contributed by atoms with Gasteiger partial charge in [-0.2, -0.15) is 0 Å². The minimum atomic E-state index is -0.891. The maximum atomic E-state index is 10.8. The van der Waals surface area contributed by atoms with E-state index in [1.54, 1.807) is 18.1 Å². The van der Waals surface area contributed by atoms with Crippen LogP contribution in [0.15, 0.2) is 18.2 Å². The Balaban J connectivity index is 2.74. The first-order valence-electron chi connectivity index (χ1n) is 5.74. The van der Waals surface area contributed by atoms with Crippen LogP contribution in [-0.4, -0.2) is 47.9 Å². The number of ether oxygens (including phenoxy) is 1. The molecule has 0 aliphatic rings. The highest BCUT2D eigenvalue weighted by atomic mass is 16.5. The highest BCUT2D eigenvalue weighted by molar-refractivity contribution is 5.69. The van der Waals surface area contributed by atoms with E-state index in [0.717, 1.165) is 11.1 Å². The topological polar surface area (TPSA) is 70.0 Å². The van der Waals surface area contributed by atoms with Crippen LogP contribution in [0.4, 0.5) is 0 Å².